The van der Waals surface area contributed by atoms with Crippen molar-refractivity contribution < 1.29 is 19.4 Å². The van der Waals surface area contributed by atoms with Gasteiger partial charge in [-0.1, -0.05) is 6.07 Å². The summed E-state index contributed by atoms with van der Waals surface area (Å²) in [6, 6.07) is 4.33. The Morgan fingerprint density at radius 2 is 2.10 bits per heavy atom. The smallest absolute Gasteiger partial charge is 0.337 e. The second-order valence-corrected chi connectivity index (χ2v) is 5.53. The lowest BCUT2D eigenvalue weighted by molar-refractivity contribution is 0.0698. The van der Waals surface area contributed by atoms with E-state index in [1.54, 1.807) is 24.1 Å². The molecule has 6 nitrogen and oxygen atoms in total. The third kappa shape index (κ3) is 4.71. The number of aromatic carboxylic acids is 1. The van der Waals surface area contributed by atoms with Gasteiger partial charge in [0.25, 0.3) is 0 Å². The van der Waals surface area contributed by atoms with Crippen molar-refractivity contribution in [3.63, 3.8) is 0 Å². The van der Waals surface area contributed by atoms with Gasteiger partial charge in [-0.2, -0.15) is 0 Å². The van der Waals surface area contributed by atoms with Gasteiger partial charge in [0.05, 0.1) is 17.9 Å². The topological polar surface area (TPSA) is 78.9 Å². The molecule has 1 rings (SSSR count). The summed E-state index contributed by atoms with van der Waals surface area (Å²) < 4.78 is 5.50. The zero-order chi connectivity index (χ0) is 16.0. The zero-order valence-electron chi connectivity index (χ0n) is 12.2. The van der Waals surface area contributed by atoms with Crippen LogP contribution in [-0.2, 0) is 4.74 Å². The molecule has 0 radical (unpaired) electrons. The first-order valence-corrected chi connectivity index (χ1v) is 7.26. The predicted molar refractivity (Wildman–Crippen MR) is 83.8 cm³/mol. The molecular formula is C14H19BrN2O4. The first-order valence-electron chi connectivity index (χ1n) is 6.46. The molecule has 2 amide bonds. The van der Waals surface area contributed by atoms with E-state index >= 15 is 0 Å². The van der Waals surface area contributed by atoms with Crippen LogP contribution in [0.3, 0.4) is 0 Å². The number of hydrogen-bond acceptors (Lipinski definition) is 3. The molecule has 116 valence electrons. The fourth-order valence-electron chi connectivity index (χ4n) is 1.79. The maximum Gasteiger partial charge on any atom is 0.337 e. The van der Waals surface area contributed by atoms with Crippen molar-refractivity contribution in [2.24, 2.45) is 0 Å². The predicted octanol–water partition coefficient (Wildman–Crippen LogP) is 3.04. The number of urea groups is 1. The fraction of sp³-hybridized carbons (Fsp3) is 0.429. The van der Waals surface area contributed by atoms with E-state index in [0.717, 1.165) is 0 Å². The number of nitrogens with one attached hydrogen (secondary N) is 1. The Kier molecular flexibility index (Phi) is 6.64. The number of carboxylic acid groups (broad SMARTS) is 1. The Morgan fingerprint density at radius 3 is 2.62 bits per heavy atom. The van der Waals surface area contributed by atoms with Crippen LogP contribution in [-0.4, -0.2) is 48.3 Å². The quantitative estimate of drug-likeness (QED) is 0.818. The molecular weight excluding hydrogens is 340 g/mol. The summed E-state index contributed by atoms with van der Waals surface area (Å²) in [5, 5.41) is 11.8. The molecule has 1 aromatic carbocycles. The van der Waals surface area contributed by atoms with Gasteiger partial charge in [-0.25, -0.2) is 9.59 Å². The van der Waals surface area contributed by atoms with Gasteiger partial charge in [0, 0.05) is 24.2 Å². The fourth-order valence-corrected chi connectivity index (χ4v) is 2.26. The number of para-hydroxylation sites is 1. The summed E-state index contributed by atoms with van der Waals surface area (Å²) in [5.41, 5.74) is 0.284. The molecule has 0 bridgehead atoms. The number of anilines is 1. The van der Waals surface area contributed by atoms with Crippen LogP contribution in [0.1, 0.15) is 24.2 Å². The van der Waals surface area contributed by atoms with E-state index in [-0.39, 0.29) is 23.3 Å². The minimum atomic E-state index is -1.10. The van der Waals surface area contributed by atoms with Crippen molar-refractivity contribution in [3.05, 3.63) is 28.2 Å². The van der Waals surface area contributed by atoms with Crippen molar-refractivity contribution in [1.82, 2.24) is 4.90 Å². The van der Waals surface area contributed by atoms with E-state index in [0.29, 0.717) is 17.6 Å². The van der Waals surface area contributed by atoms with Crippen molar-refractivity contribution >= 4 is 33.6 Å². The van der Waals surface area contributed by atoms with Crippen LogP contribution in [0, 0.1) is 0 Å². The maximum atomic E-state index is 12.3. The van der Waals surface area contributed by atoms with Gasteiger partial charge >= 0.3 is 12.0 Å². The van der Waals surface area contributed by atoms with Gasteiger partial charge in [0.2, 0.25) is 0 Å². The van der Waals surface area contributed by atoms with Crippen LogP contribution >= 0.6 is 15.9 Å². The number of halogens is 1. The molecule has 0 aliphatic heterocycles. The lowest BCUT2D eigenvalue weighted by Crippen LogP contribution is -2.42. The molecule has 0 aromatic heterocycles. The van der Waals surface area contributed by atoms with Crippen molar-refractivity contribution in [3.8, 4) is 0 Å². The highest BCUT2D eigenvalue weighted by atomic mass is 79.9. The number of methoxy groups -OCH3 is 1. The average molecular weight is 359 g/mol. The molecule has 1 aromatic rings. The molecule has 7 heteroatoms. The first kappa shape index (κ1) is 17.5. The van der Waals surface area contributed by atoms with E-state index in [4.69, 9.17) is 4.74 Å². The number of carbonyl (C=O) groups excluding carboxylic acids is 1. The van der Waals surface area contributed by atoms with Gasteiger partial charge in [-0.3, -0.25) is 0 Å². The van der Waals surface area contributed by atoms with E-state index in [1.807, 2.05) is 13.8 Å². The molecule has 0 aliphatic carbocycles. The van der Waals surface area contributed by atoms with Gasteiger partial charge < -0.3 is 20.1 Å². The number of ether oxygens (including phenoxy) is 1. The molecule has 0 saturated carbocycles. The second kappa shape index (κ2) is 7.99. The summed E-state index contributed by atoms with van der Waals surface area (Å²) in [5.74, 6) is -1.10. The minimum absolute atomic E-state index is 0.0316. The van der Waals surface area contributed by atoms with Crippen LogP contribution in [0.2, 0.25) is 0 Å². The Morgan fingerprint density at radius 1 is 1.43 bits per heavy atom. The van der Waals surface area contributed by atoms with Crippen molar-refractivity contribution in [2.75, 3.05) is 25.6 Å². The van der Waals surface area contributed by atoms with Gasteiger partial charge in [-0.15, -0.1) is 0 Å². The number of carboxylic acids is 1. The monoisotopic (exact) mass is 358 g/mol. The number of nitrogens with zero attached hydrogens (tertiary/aromatic N) is 1. The molecule has 0 unspecified atom stereocenters. The summed E-state index contributed by atoms with van der Waals surface area (Å²) in [4.78, 5) is 25.1. The van der Waals surface area contributed by atoms with Gasteiger partial charge in [0.1, 0.15) is 0 Å². The maximum absolute atomic E-state index is 12.3. The minimum Gasteiger partial charge on any atom is -0.478 e. The summed E-state index contributed by atoms with van der Waals surface area (Å²) in [7, 11) is 1.56. The lowest BCUT2D eigenvalue weighted by Gasteiger charge is -2.27. The summed E-state index contributed by atoms with van der Waals surface area (Å²) in [6.07, 6.45) is 0. The van der Waals surface area contributed by atoms with Crippen LogP contribution in [0.15, 0.2) is 22.7 Å². The standard InChI is InChI=1S/C14H19BrN2O4/c1-9(2)17(7-8-21-3)14(20)16-12-10(13(18)19)5-4-6-11(12)15/h4-6,9H,7-8H2,1-3H3,(H,16,20)(H,18,19). The summed E-state index contributed by atoms with van der Waals surface area (Å²) >= 11 is 3.26. The third-order valence-corrected chi connectivity index (χ3v) is 3.56. The van der Waals surface area contributed by atoms with Crippen molar-refractivity contribution in [2.45, 2.75) is 19.9 Å². The Balaban J connectivity index is 2.98. The molecule has 2 N–H and O–H groups in total. The average Bonchev–Trinajstić information content (AvgIpc) is 2.40. The van der Waals surface area contributed by atoms with E-state index < -0.39 is 5.97 Å². The molecule has 0 heterocycles. The highest BCUT2D eigenvalue weighted by Gasteiger charge is 2.20. The second-order valence-electron chi connectivity index (χ2n) is 4.68. The highest BCUT2D eigenvalue weighted by molar-refractivity contribution is 9.10. The zero-order valence-corrected chi connectivity index (χ0v) is 13.8. The Labute approximate surface area is 132 Å². The number of benzene rings is 1. The molecule has 0 spiro atoms. The van der Waals surface area contributed by atoms with Crippen LogP contribution in [0.25, 0.3) is 0 Å². The Bertz CT molecular complexity index is 520. The number of carbonyl (C=O) groups is 2. The molecule has 0 saturated heterocycles. The molecule has 0 aliphatic rings. The number of amides is 2. The Hall–Kier alpha value is -1.60. The molecule has 21 heavy (non-hydrogen) atoms. The largest absolute Gasteiger partial charge is 0.478 e. The van der Waals surface area contributed by atoms with Crippen LogP contribution < -0.4 is 5.32 Å². The van der Waals surface area contributed by atoms with E-state index in [1.165, 1.54) is 6.07 Å². The van der Waals surface area contributed by atoms with Crippen LogP contribution in [0.4, 0.5) is 10.5 Å². The third-order valence-electron chi connectivity index (χ3n) is 2.90. The van der Waals surface area contributed by atoms with Crippen molar-refractivity contribution in [1.29, 1.82) is 0 Å². The number of hydrogen-bond donors (Lipinski definition) is 2. The number of rotatable bonds is 6. The normalized spacial score (nSPS) is 10.5. The summed E-state index contributed by atoms with van der Waals surface area (Å²) in [6.45, 7) is 4.60. The van der Waals surface area contributed by atoms with Gasteiger partial charge in [0.15, 0.2) is 0 Å². The SMILES string of the molecule is COCCN(C(=O)Nc1c(Br)cccc1C(=O)O)C(C)C. The highest BCUT2D eigenvalue weighted by Crippen LogP contribution is 2.27. The lowest BCUT2D eigenvalue weighted by atomic mass is 10.2. The van der Waals surface area contributed by atoms with E-state index in [9.17, 15) is 14.7 Å². The molecule has 0 fully saturated rings. The van der Waals surface area contributed by atoms with E-state index in [2.05, 4.69) is 21.2 Å². The molecule has 0 atom stereocenters. The first-order chi connectivity index (χ1) is 9.88. The van der Waals surface area contributed by atoms with Crippen LogP contribution in [0.5, 0.6) is 0 Å². The van der Waals surface area contributed by atoms with Gasteiger partial charge in [-0.05, 0) is 41.9 Å².